The van der Waals surface area contributed by atoms with E-state index in [9.17, 15) is 14.9 Å². The van der Waals surface area contributed by atoms with Gasteiger partial charge in [-0.15, -0.1) is 11.3 Å². The van der Waals surface area contributed by atoms with E-state index in [4.69, 9.17) is 0 Å². The molecule has 1 amide bonds. The number of benzene rings is 2. The van der Waals surface area contributed by atoms with Crippen LogP contribution in [0.4, 0.5) is 5.69 Å². The molecule has 3 rings (SSSR count). The molecule has 3 aromatic rings. The molecular weight excluding hydrogens is 326 g/mol. The average Bonchev–Trinajstić information content (AvgIpc) is 3.03. The van der Waals surface area contributed by atoms with E-state index < -0.39 is 10.8 Å². The first-order valence-electron chi connectivity index (χ1n) is 7.43. The van der Waals surface area contributed by atoms with Crippen LogP contribution in [0.2, 0.25) is 0 Å². The minimum atomic E-state index is -0.550. The Labute approximate surface area is 142 Å². The Morgan fingerprint density at radius 2 is 1.96 bits per heavy atom. The van der Waals surface area contributed by atoms with Crippen LogP contribution in [0.25, 0.3) is 10.2 Å². The van der Waals surface area contributed by atoms with Crippen LogP contribution in [0.5, 0.6) is 0 Å². The van der Waals surface area contributed by atoms with E-state index in [-0.39, 0.29) is 17.2 Å². The van der Waals surface area contributed by atoms with Gasteiger partial charge in [-0.2, -0.15) is 0 Å². The molecule has 0 spiro atoms. The maximum atomic E-state index is 12.2. The molecule has 24 heavy (non-hydrogen) atoms. The van der Waals surface area contributed by atoms with E-state index in [0.717, 1.165) is 15.2 Å². The number of nitrogens with one attached hydrogen (secondary N) is 1. The molecule has 1 aromatic heterocycles. The molecule has 7 heteroatoms. The fraction of sp³-hybridized carbons (Fsp3) is 0.176. The predicted molar refractivity (Wildman–Crippen MR) is 93.5 cm³/mol. The van der Waals surface area contributed by atoms with Crippen LogP contribution in [0.3, 0.4) is 0 Å². The molecule has 0 aliphatic heterocycles. The van der Waals surface area contributed by atoms with Crippen molar-refractivity contribution in [3.63, 3.8) is 0 Å². The number of para-hydroxylation sites is 2. The lowest BCUT2D eigenvalue weighted by molar-refractivity contribution is -0.385. The van der Waals surface area contributed by atoms with Crippen LogP contribution in [-0.2, 0) is 0 Å². The highest BCUT2D eigenvalue weighted by Gasteiger charge is 2.20. The first-order valence-corrected chi connectivity index (χ1v) is 8.25. The van der Waals surface area contributed by atoms with Crippen molar-refractivity contribution in [1.29, 1.82) is 0 Å². The summed E-state index contributed by atoms with van der Waals surface area (Å²) in [5.74, 6) is -0.427. The number of nitrogens with zero attached hydrogens (tertiary/aromatic N) is 2. The van der Waals surface area contributed by atoms with Crippen molar-refractivity contribution in [2.45, 2.75) is 12.8 Å². The molecular formula is C17H15N3O3S. The standard InChI is InChI=1S/C17H15N3O3S/c1-11(17-19-13-7-3-5-9-15(13)24-17)10-18-16(21)12-6-2-4-8-14(12)20(22)23/h2-9,11H,10H2,1H3,(H,18,21)/t11-/m0/s1. The van der Waals surface area contributed by atoms with Gasteiger partial charge in [-0.25, -0.2) is 4.98 Å². The van der Waals surface area contributed by atoms with E-state index in [2.05, 4.69) is 10.3 Å². The van der Waals surface area contributed by atoms with Crippen molar-refractivity contribution >= 4 is 33.1 Å². The summed E-state index contributed by atoms with van der Waals surface area (Å²) in [5, 5.41) is 14.7. The zero-order chi connectivity index (χ0) is 17.1. The van der Waals surface area contributed by atoms with Crippen LogP contribution >= 0.6 is 11.3 Å². The quantitative estimate of drug-likeness (QED) is 0.566. The first kappa shape index (κ1) is 16.1. The van der Waals surface area contributed by atoms with Gasteiger partial charge in [0.1, 0.15) is 5.56 Å². The van der Waals surface area contributed by atoms with E-state index >= 15 is 0 Å². The molecule has 1 heterocycles. The summed E-state index contributed by atoms with van der Waals surface area (Å²) in [4.78, 5) is 27.3. The minimum absolute atomic E-state index is 0.0223. The van der Waals surface area contributed by atoms with Crippen molar-refractivity contribution < 1.29 is 9.72 Å². The zero-order valence-corrected chi connectivity index (χ0v) is 13.7. The lowest BCUT2D eigenvalue weighted by Crippen LogP contribution is -2.28. The second-order valence-electron chi connectivity index (χ2n) is 5.41. The summed E-state index contributed by atoms with van der Waals surface area (Å²) in [6.45, 7) is 2.34. The number of fused-ring (bicyclic) bond motifs is 1. The summed E-state index contributed by atoms with van der Waals surface area (Å²) >= 11 is 1.59. The number of carbonyl (C=O) groups is 1. The predicted octanol–water partition coefficient (Wildman–Crippen LogP) is 3.74. The Balaban J connectivity index is 1.71. The number of nitro groups is 1. The van der Waals surface area contributed by atoms with Gasteiger partial charge in [0.15, 0.2) is 0 Å². The summed E-state index contributed by atoms with van der Waals surface area (Å²) in [6.07, 6.45) is 0. The second kappa shape index (κ2) is 6.76. The molecule has 122 valence electrons. The summed E-state index contributed by atoms with van der Waals surface area (Å²) in [6, 6.07) is 13.8. The highest BCUT2D eigenvalue weighted by atomic mass is 32.1. The molecule has 0 fully saturated rings. The van der Waals surface area contributed by atoms with Gasteiger partial charge in [0, 0.05) is 18.5 Å². The van der Waals surface area contributed by atoms with Crippen molar-refractivity contribution in [3.05, 3.63) is 69.2 Å². The highest BCUT2D eigenvalue weighted by molar-refractivity contribution is 7.18. The Morgan fingerprint density at radius 1 is 1.25 bits per heavy atom. The third kappa shape index (κ3) is 3.26. The first-order chi connectivity index (χ1) is 11.6. The zero-order valence-electron chi connectivity index (χ0n) is 12.9. The molecule has 1 N–H and O–H groups in total. The fourth-order valence-corrected chi connectivity index (χ4v) is 3.37. The van der Waals surface area contributed by atoms with Gasteiger partial charge < -0.3 is 5.32 Å². The third-order valence-electron chi connectivity index (χ3n) is 3.65. The molecule has 0 bridgehead atoms. The molecule has 0 aliphatic carbocycles. The van der Waals surface area contributed by atoms with Crippen molar-refractivity contribution in [2.75, 3.05) is 6.54 Å². The molecule has 6 nitrogen and oxygen atoms in total. The number of hydrogen-bond donors (Lipinski definition) is 1. The lowest BCUT2D eigenvalue weighted by atomic mass is 10.1. The van der Waals surface area contributed by atoms with E-state index in [0.29, 0.717) is 6.54 Å². The Bertz CT molecular complexity index is 874. The van der Waals surface area contributed by atoms with Gasteiger partial charge in [-0.1, -0.05) is 31.2 Å². The summed E-state index contributed by atoms with van der Waals surface area (Å²) in [7, 11) is 0. The largest absolute Gasteiger partial charge is 0.351 e. The number of amides is 1. The Kier molecular flexibility index (Phi) is 4.52. The number of thiazole rings is 1. The maximum absolute atomic E-state index is 12.2. The Morgan fingerprint density at radius 3 is 2.71 bits per heavy atom. The van der Waals surface area contributed by atoms with Gasteiger partial charge in [0.05, 0.1) is 20.1 Å². The average molecular weight is 341 g/mol. The fourth-order valence-electron chi connectivity index (χ4n) is 2.35. The van der Waals surface area contributed by atoms with Gasteiger partial charge in [0.25, 0.3) is 11.6 Å². The third-order valence-corrected chi connectivity index (χ3v) is 4.91. The van der Waals surface area contributed by atoms with E-state index in [1.54, 1.807) is 23.5 Å². The molecule has 2 aromatic carbocycles. The van der Waals surface area contributed by atoms with Crippen molar-refractivity contribution in [1.82, 2.24) is 10.3 Å². The van der Waals surface area contributed by atoms with Crippen LogP contribution in [0.15, 0.2) is 48.5 Å². The molecule has 0 radical (unpaired) electrons. The molecule has 1 atom stereocenters. The van der Waals surface area contributed by atoms with Crippen LogP contribution in [-0.4, -0.2) is 22.4 Å². The number of carbonyl (C=O) groups excluding carboxylic acids is 1. The topological polar surface area (TPSA) is 85.1 Å². The smallest absolute Gasteiger partial charge is 0.282 e. The lowest BCUT2D eigenvalue weighted by Gasteiger charge is -2.10. The molecule has 0 saturated heterocycles. The van der Waals surface area contributed by atoms with Crippen LogP contribution in [0.1, 0.15) is 28.2 Å². The van der Waals surface area contributed by atoms with Gasteiger partial charge in [0.2, 0.25) is 0 Å². The highest BCUT2D eigenvalue weighted by Crippen LogP contribution is 2.27. The molecule has 0 saturated carbocycles. The number of hydrogen-bond acceptors (Lipinski definition) is 5. The van der Waals surface area contributed by atoms with Crippen LogP contribution in [0, 0.1) is 10.1 Å². The number of rotatable bonds is 5. The van der Waals surface area contributed by atoms with Gasteiger partial charge >= 0.3 is 0 Å². The van der Waals surface area contributed by atoms with Crippen molar-refractivity contribution in [2.24, 2.45) is 0 Å². The van der Waals surface area contributed by atoms with Crippen molar-refractivity contribution in [3.8, 4) is 0 Å². The second-order valence-corrected chi connectivity index (χ2v) is 6.47. The van der Waals surface area contributed by atoms with Gasteiger partial charge in [-0.3, -0.25) is 14.9 Å². The van der Waals surface area contributed by atoms with Gasteiger partial charge in [-0.05, 0) is 18.2 Å². The maximum Gasteiger partial charge on any atom is 0.282 e. The molecule has 0 unspecified atom stereocenters. The number of aromatic nitrogens is 1. The minimum Gasteiger partial charge on any atom is -0.351 e. The number of nitro benzene ring substituents is 1. The van der Waals surface area contributed by atoms with E-state index in [1.165, 1.54) is 12.1 Å². The normalized spacial score (nSPS) is 12.0. The van der Waals surface area contributed by atoms with Crippen LogP contribution < -0.4 is 5.32 Å². The monoisotopic (exact) mass is 341 g/mol. The summed E-state index contributed by atoms with van der Waals surface area (Å²) in [5.41, 5.74) is 0.816. The summed E-state index contributed by atoms with van der Waals surface area (Å²) < 4.78 is 1.10. The SMILES string of the molecule is C[C@@H](CNC(=O)c1ccccc1[N+](=O)[O-])c1nc2ccccc2s1. The molecule has 0 aliphatic rings. The van der Waals surface area contributed by atoms with E-state index in [1.807, 2.05) is 31.2 Å². The Hall–Kier alpha value is -2.80.